The number of nitrogens with one attached hydrogen (secondary N) is 1. The van der Waals surface area contributed by atoms with Crippen LogP contribution in [0.1, 0.15) is 40.5 Å². The smallest absolute Gasteiger partial charge is 0.326 e. The van der Waals surface area contributed by atoms with E-state index in [1.54, 1.807) is 0 Å². The van der Waals surface area contributed by atoms with Crippen molar-refractivity contribution in [1.82, 2.24) is 10.2 Å². The van der Waals surface area contributed by atoms with Crippen LogP contribution in [0.2, 0.25) is 0 Å². The van der Waals surface area contributed by atoms with Crippen molar-refractivity contribution in [3.8, 4) is 0 Å². The Morgan fingerprint density at radius 3 is 2.70 bits per heavy atom. The highest BCUT2D eigenvalue weighted by molar-refractivity contribution is 5.80. The maximum atomic E-state index is 12.1. The van der Waals surface area contributed by atoms with Crippen LogP contribution in [0.4, 0.5) is 0 Å². The summed E-state index contributed by atoms with van der Waals surface area (Å²) in [5.41, 5.74) is -0.646. The molecule has 1 heterocycles. The Kier molecular flexibility index (Phi) is 6.43. The lowest BCUT2D eigenvalue weighted by atomic mass is 9.92. The molecule has 5 heteroatoms. The minimum Gasteiger partial charge on any atom is -0.465 e. The van der Waals surface area contributed by atoms with Gasteiger partial charge in [-0.3, -0.25) is 9.69 Å². The molecule has 1 N–H and O–H groups in total. The second-order valence-corrected chi connectivity index (χ2v) is 5.95. The average molecular weight is 286 g/mol. The van der Waals surface area contributed by atoms with Crippen LogP contribution in [0.5, 0.6) is 0 Å². The SMILES string of the molecule is CCOC(=O)C(C)(CC(C)N(C)C1CCOC1C)NC. The minimum absolute atomic E-state index is 0.182. The first-order chi connectivity index (χ1) is 9.35. The monoisotopic (exact) mass is 286 g/mol. The molecule has 0 aromatic carbocycles. The molecular weight excluding hydrogens is 256 g/mol. The highest BCUT2D eigenvalue weighted by atomic mass is 16.5. The van der Waals surface area contributed by atoms with Crippen molar-refractivity contribution >= 4 is 5.97 Å². The van der Waals surface area contributed by atoms with Gasteiger partial charge in [0.15, 0.2) is 0 Å². The van der Waals surface area contributed by atoms with Crippen LogP contribution in [0.25, 0.3) is 0 Å². The Morgan fingerprint density at radius 2 is 2.25 bits per heavy atom. The summed E-state index contributed by atoms with van der Waals surface area (Å²) in [6.45, 7) is 9.24. The maximum absolute atomic E-state index is 12.1. The Bertz CT molecular complexity index is 324. The Labute approximate surface area is 123 Å². The predicted molar refractivity (Wildman–Crippen MR) is 79.8 cm³/mol. The summed E-state index contributed by atoms with van der Waals surface area (Å²) in [6.07, 6.45) is 2.02. The molecule has 0 aliphatic carbocycles. The van der Waals surface area contributed by atoms with E-state index in [-0.39, 0.29) is 18.1 Å². The minimum atomic E-state index is -0.646. The molecule has 1 fully saturated rings. The van der Waals surface area contributed by atoms with Gasteiger partial charge in [0.1, 0.15) is 5.54 Å². The zero-order chi connectivity index (χ0) is 15.3. The number of hydrogen-bond acceptors (Lipinski definition) is 5. The first-order valence-corrected chi connectivity index (χ1v) is 7.55. The Morgan fingerprint density at radius 1 is 1.60 bits per heavy atom. The molecule has 0 bridgehead atoms. The molecule has 0 aromatic rings. The molecule has 1 aliphatic heterocycles. The molecule has 0 spiro atoms. The average Bonchev–Trinajstić information content (AvgIpc) is 2.84. The van der Waals surface area contributed by atoms with E-state index in [2.05, 4.69) is 31.1 Å². The summed E-state index contributed by atoms with van der Waals surface area (Å²) in [5.74, 6) is -0.182. The molecule has 0 saturated carbocycles. The summed E-state index contributed by atoms with van der Waals surface area (Å²) in [5, 5.41) is 3.12. The van der Waals surface area contributed by atoms with Crippen molar-refractivity contribution in [2.45, 2.75) is 64.3 Å². The number of ether oxygens (including phenoxy) is 2. The normalized spacial score (nSPS) is 27.4. The van der Waals surface area contributed by atoms with E-state index in [9.17, 15) is 4.79 Å². The third kappa shape index (κ3) is 3.93. The summed E-state index contributed by atoms with van der Waals surface area (Å²) < 4.78 is 10.8. The topological polar surface area (TPSA) is 50.8 Å². The number of nitrogens with zero attached hydrogens (tertiary/aromatic N) is 1. The lowest BCUT2D eigenvalue weighted by molar-refractivity contribution is -0.151. The van der Waals surface area contributed by atoms with Crippen molar-refractivity contribution in [2.24, 2.45) is 0 Å². The zero-order valence-corrected chi connectivity index (χ0v) is 13.7. The number of hydrogen-bond donors (Lipinski definition) is 1. The van der Waals surface area contributed by atoms with Crippen LogP contribution in [0.3, 0.4) is 0 Å². The number of carbonyl (C=O) groups is 1. The quantitative estimate of drug-likeness (QED) is 0.717. The molecule has 0 radical (unpaired) electrons. The van der Waals surface area contributed by atoms with E-state index in [1.807, 2.05) is 20.9 Å². The fourth-order valence-electron chi connectivity index (χ4n) is 2.89. The van der Waals surface area contributed by atoms with Crippen LogP contribution in [-0.2, 0) is 14.3 Å². The van der Waals surface area contributed by atoms with Gasteiger partial charge in [-0.15, -0.1) is 0 Å². The molecule has 4 unspecified atom stereocenters. The standard InChI is InChI=1S/C15H30N2O3/c1-7-19-14(18)15(4,16-5)10-11(2)17(6)13-8-9-20-12(13)3/h11-13,16H,7-10H2,1-6H3. The lowest BCUT2D eigenvalue weighted by Crippen LogP contribution is -2.54. The van der Waals surface area contributed by atoms with E-state index in [1.165, 1.54) is 0 Å². The molecular formula is C15H30N2O3. The van der Waals surface area contributed by atoms with Crippen molar-refractivity contribution in [2.75, 3.05) is 27.3 Å². The molecule has 5 nitrogen and oxygen atoms in total. The van der Waals surface area contributed by atoms with E-state index >= 15 is 0 Å². The fraction of sp³-hybridized carbons (Fsp3) is 0.933. The highest BCUT2D eigenvalue weighted by Crippen LogP contribution is 2.24. The van der Waals surface area contributed by atoms with Gasteiger partial charge in [-0.2, -0.15) is 0 Å². The molecule has 0 amide bonds. The second-order valence-electron chi connectivity index (χ2n) is 5.95. The number of rotatable bonds is 7. The van der Waals surface area contributed by atoms with E-state index in [0.717, 1.165) is 13.0 Å². The van der Waals surface area contributed by atoms with Crippen LogP contribution in [0, 0.1) is 0 Å². The second kappa shape index (κ2) is 7.38. The molecule has 4 atom stereocenters. The Hall–Kier alpha value is -0.650. The maximum Gasteiger partial charge on any atom is 0.326 e. The van der Waals surface area contributed by atoms with Gasteiger partial charge in [0.25, 0.3) is 0 Å². The van der Waals surface area contributed by atoms with Crippen LogP contribution >= 0.6 is 0 Å². The van der Waals surface area contributed by atoms with Crippen molar-refractivity contribution in [1.29, 1.82) is 0 Å². The van der Waals surface area contributed by atoms with Gasteiger partial charge >= 0.3 is 5.97 Å². The van der Waals surface area contributed by atoms with E-state index < -0.39 is 5.54 Å². The lowest BCUT2D eigenvalue weighted by Gasteiger charge is -2.37. The van der Waals surface area contributed by atoms with Gasteiger partial charge in [0.05, 0.1) is 12.7 Å². The number of likely N-dealkylation sites (N-methyl/N-ethyl adjacent to an activating group) is 2. The van der Waals surface area contributed by atoms with Crippen LogP contribution < -0.4 is 5.32 Å². The predicted octanol–water partition coefficient (Wildman–Crippen LogP) is 1.42. The molecule has 20 heavy (non-hydrogen) atoms. The van der Waals surface area contributed by atoms with Crippen molar-refractivity contribution in [3.63, 3.8) is 0 Å². The van der Waals surface area contributed by atoms with Gasteiger partial charge in [0, 0.05) is 18.7 Å². The number of carbonyl (C=O) groups excluding carboxylic acids is 1. The molecule has 1 saturated heterocycles. The van der Waals surface area contributed by atoms with Crippen molar-refractivity contribution in [3.05, 3.63) is 0 Å². The van der Waals surface area contributed by atoms with Gasteiger partial charge in [0.2, 0.25) is 0 Å². The third-order valence-electron chi connectivity index (χ3n) is 4.54. The van der Waals surface area contributed by atoms with Gasteiger partial charge < -0.3 is 14.8 Å². The van der Waals surface area contributed by atoms with E-state index in [0.29, 0.717) is 19.1 Å². The first-order valence-electron chi connectivity index (χ1n) is 7.55. The summed E-state index contributed by atoms with van der Waals surface area (Å²) in [7, 11) is 3.92. The van der Waals surface area contributed by atoms with Crippen molar-refractivity contribution < 1.29 is 14.3 Å². The van der Waals surface area contributed by atoms with Crippen LogP contribution in [-0.4, -0.2) is 61.9 Å². The number of esters is 1. The van der Waals surface area contributed by atoms with E-state index in [4.69, 9.17) is 9.47 Å². The Balaban J connectivity index is 2.66. The molecule has 1 aliphatic rings. The van der Waals surface area contributed by atoms with Gasteiger partial charge in [-0.05, 0) is 54.6 Å². The molecule has 1 rings (SSSR count). The van der Waals surface area contributed by atoms with Gasteiger partial charge in [-0.1, -0.05) is 0 Å². The largest absolute Gasteiger partial charge is 0.465 e. The summed E-state index contributed by atoms with van der Waals surface area (Å²) >= 11 is 0. The van der Waals surface area contributed by atoms with Crippen LogP contribution in [0.15, 0.2) is 0 Å². The highest BCUT2D eigenvalue weighted by Gasteiger charge is 2.38. The molecule has 0 aromatic heterocycles. The third-order valence-corrected chi connectivity index (χ3v) is 4.54. The summed E-state index contributed by atoms with van der Waals surface area (Å²) in [6, 6.07) is 0.694. The molecule has 118 valence electrons. The first kappa shape index (κ1) is 17.4. The summed E-state index contributed by atoms with van der Waals surface area (Å²) in [4.78, 5) is 14.4. The van der Waals surface area contributed by atoms with Gasteiger partial charge in [-0.25, -0.2) is 0 Å². The fourth-order valence-corrected chi connectivity index (χ4v) is 2.89. The zero-order valence-electron chi connectivity index (χ0n) is 13.7.